The molecule has 1 aromatic rings. The van der Waals surface area contributed by atoms with Crippen molar-refractivity contribution in [3.63, 3.8) is 0 Å². The summed E-state index contributed by atoms with van der Waals surface area (Å²) in [5.41, 5.74) is 1.47. The Hall–Kier alpha value is 0.323. The van der Waals surface area contributed by atoms with Crippen molar-refractivity contribution >= 4 is 0 Å². The molecule has 1 rings (SSSR count). The molecule has 0 heterocycles. The van der Waals surface area contributed by atoms with Crippen LogP contribution in [0.1, 0.15) is 5.56 Å². The standard InChI is InChI=1S/C7H7.BrH.Zn/c1-7-5-3-2-4-6-7;;/h2-6H,1H2;1H;/q;;+1/p-1. The van der Waals surface area contributed by atoms with E-state index in [0.29, 0.717) is 0 Å². The Bertz CT molecular complexity index is 150. The summed E-state index contributed by atoms with van der Waals surface area (Å²) in [6.45, 7) is 0. The van der Waals surface area contributed by atoms with E-state index >= 15 is 0 Å². The van der Waals surface area contributed by atoms with Crippen molar-refractivity contribution < 1.29 is 35.3 Å². The Morgan fingerprint density at radius 3 is 2.00 bits per heavy atom. The molecule has 0 aliphatic carbocycles. The fourth-order valence-electron chi connectivity index (χ4n) is 0.645. The zero-order valence-corrected chi connectivity index (χ0v) is 9.73. The molecule has 44 valence electrons. The molecule has 0 aliphatic heterocycles. The molecule has 9 heavy (non-hydrogen) atoms. The first-order valence-corrected chi connectivity index (χ1v) is 4.86. The minimum atomic E-state index is 0. The summed E-state index contributed by atoms with van der Waals surface area (Å²) in [7, 11) is 0. The summed E-state index contributed by atoms with van der Waals surface area (Å²) < 4.78 is 0. The molecule has 0 aliphatic rings. The van der Waals surface area contributed by atoms with Crippen LogP contribution in [-0.2, 0) is 23.3 Å². The molecule has 0 saturated heterocycles. The van der Waals surface area contributed by atoms with E-state index in [1.807, 2.05) is 0 Å². The van der Waals surface area contributed by atoms with E-state index in [0.717, 1.165) is 0 Å². The summed E-state index contributed by atoms with van der Waals surface area (Å²) in [4.78, 5) is 0. The summed E-state index contributed by atoms with van der Waals surface area (Å²) in [6.07, 6.45) is 0. The van der Waals surface area contributed by atoms with E-state index < -0.39 is 0 Å². The third kappa shape index (κ3) is 3.12. The number of rotatable bonds is 1. The van der Waals surface area contributed by atoms with Crippen molar-refractivity contribution in [1.29, 1.82) is 0 Å². The molecule has 0 unspecified atom stereocenters. The third-order valence-electron chi connectivity index (χ3n) is 1.13. The predicted molar refractivity (Wildman–Crippen MR) is 30.1 cm³/mol. The zero-order valence-electron chi connectivity index (χ0n) is 5.18. The third-order valence-corrected chi connectivity index (χ3v) is 2.34. The van der Waals surface area contributed by atoms with Crippen LogP contribution in [0.15, 0.2) is 30.3 Å². The van der Waals surface area contributed by atoms with Crippen molar-refractivity contribution in [3.05, 3.63) is 35.9 Å². The van der Waals surface area contributed by atoms with Gasteiger partial charge in [-0.1, -0.05) is 0 Å². The molecule has 0 fully saturated rings. The van der Waals surface area contributed by atoms with Crippen LogP contribution >= 0.6 is 0 Å². The summed E-state index contributed by atoms with van der Waals surface area (Å²) in [5.74, 6) is 0. The molecular weight excluding hydrogens is 229 g/mol. The van der Waals surface area contributed by atoms with E-state index in [2.05, 4.69) is 30.3 Å². The Morgan fingerprint density at radius 1 is 1.11 bits per heavy atom. The monoisotopic (exact) mass is 234 g/mol. The molecule has 0 N–H and O–H groups in total. The maximum absolute atomic E-state index is 2.17. The minimum absolute atomic E-state index is 0. The van der Waals surface area contributed by atoms with Crippen LogP contribution in [0.4, 0.5) is 0 Å². The quantitative estimate of drug-likeness (QED) is 0.534. The van der Waals surface area contributed by atoms with Gasteiger partial charge in [0.05, 0.1) is 0 Å². The maximum atomic E-state index is 2.17. The van der Waals surface area contributed by atoms with Gasteiger partial charge in [0.2, 0.25) is 0 Å². The number of benzene rings is 1. The van der Waals surface area contributed by atoms with Gasteiger partial charge in [0.15, 0.2) is 0 Å². The Balaban J connectivity index is 0.000000640. The molecule has 0 amide bonds. The van der Waals surface area contributed by atoms with E-state index in [1.165, 1.54) is 28.9 Å². The molecule has 0 saturated carbocycles. The summed E-state index contributed by atoms with van der Waals surface area (Å²) in [6, 6.07) is 10.6. The van der Waals surface area contributed by atoms with Gasteiger partial charge in [0, 0.05) is 0 Å². The molecule has 0 atom stereocenters. The molecule has 0 bridgehead atoms. The number of halogens is 1. The molecule has 0 spiro atoms. The van der Waals surface area contributed by atoms with Crippen LogP contribution in [0, 0.1) is 0 Å². The van der Waals surface area contributed by atoms with Crippen molar-refractivity contribution in [3.8, 4) is 0 Å². The van der Waals surface area contributed by atoms with Crippen LogP contribution in [0.5, 0.6) is 0 Å². The molecule has 1 aromatic carbocycles. The van der Waals surface area contributed by atoms with E-state index in [-0.39, 0.29) is 17.0 Å². The van der Waals surface area contributed by atoms with Crippen molar-refractivity contribution in [1.82, 2.24) is 0 Å². The van der Waals surface area contributed by atoms with Gasteiger partial charge in [-0.2, -0.15) is 0 Å². The summed E-state index contributed by atoms with van der Waals surface area (Å²) in [5, 5.41) is 1.26. The van der Waals surface area contributed by atoms with Gasteiger partial charge in [-0.3, -0.25) is 0 Å². The first-order chi connectivity index (χ1) is 3.93. The van der Waals surface area contributed by atoms with E-state index in [1.54, 1.807) is 0 Å². The fraction of sp³-hybridized carbons (Fsp3) is 0.143. The average Bonchev–Trinajstić information content (AvgIpc) is 1.90. The Kier molecular flexibility index (Phi) is 5.32. The SMILES string of the molecule is [Br-].[Zn+][CH2]c1ccccc1. The van der Waals surface area contributed by atoms with Gasteiger partial charge < -0.3 is 17.0 Å². The molecule has 2 heteroatoms. The summed E-state index contributed by atoms with van der Waals surface area (Å²) >= 11 is 1.37. The normalized spacial score (nSPS) is 8.22. The second-order valence-electron chi connectivity index (χ2n) is 1.74. The number of hydrogen-bond donors (Lipinski definition) is 0. The Morgan fingerprint density at radius 2 is 1.67 bits per heavy atom. The molecule has 0 nitrogen and oxygen atoms in total. The second-order valence-corrected chi connectivity index (χ2v) is 2.78. The topological polar surface area (TPSA) is 0 Å². The molecular formula is C7H7BrZn. The van der Waals surface area contributed by atoms with Crippen LogP contribution < -0.4 is 17.0 Å². The molecule has 0 radical (unpaired) electrons. The van der Waals surface area contributed by atoms with Crippen LogP contribution in [0.2, 0.25) is 0 Å². The van der Waals surface area contributed by atoms with Crippen molar-refractivity contribution in [2.24, 2.45) is 0 Å². The van der Waals surface area contributed by atoms with Gasteiger partial charge in [0.1, 0.15) is 0 Å². The van der Waals surface area contributed by atoms with E-state index in [4.69, 9.17) is 0 Å². The zero-order chi connectivity index (χ0) is 5.82. The van der Waals surface area contributed by atoms with Gasteiger partial charge in [0.25, 0.3) is 0 Å². The fourth-order valence-corrected chi connectivity index (χ4v) is 1.34. The van der Waals surface area contributed by atoms with Crippen LogP contribution in [-0.4, -0.2) is 0 Å². The second kappa shape index (κ2) is 5.14. The Labute approximate surface area is 76.1 Å². The van der Waals surface area contributed by atoms with Crippen LogP contribution in [0.25, 0.3) is 0 Å². The number of hydrogen-bond acceptors (Lipinski definition) is 0. The van der Waals surface area contributed by atoms with Gasteiger partial charge in [-0.25, -0.2) is 0 Å². The molecule has 0 aromatic heterocycles. The van der Waals surface area contributed by atoms with Gasteiger partial charge >= 0.3 is 59.2 Å². The first-order valence-electron chi connectivity index (χ1n) is 2.76. The average molecular weight is 236 g/mol. The van der Waals surface area contributed by atoms with E-state index in [9.17, 15) is 0 Å². The van der Waals surface area contributed by atoms with Gasteiger partial charge in [-0.05, 0) is 0 Å². The van der Waals surface area contributed by atoms with Crippen molar-refractivity contribution in [2.75, 3.05) is 0 Å². The predicted octanol–water partition coefficient (Wildman–Crippen LogP) is -1.26. The van der Waals surface area contributed by atoms with Crippen LogP contribution in [0.3, 0.4) is 0 Å². The first kappa shape index (κ1) is 9.32. The van der Waals surface area contributed by atoms with Gasteiger partial charge in [-0.15, -0.1) is 0 Å². The van der Waals surface area contributed by atoms with Crippen molar-refractivity contribution in [2.45, 2.75) is 5.02 Å².